The molecular weight excluding hydrogens is 256 g/mol. The first-order valence-electron chi connectivity index (χ1n) is 6.55. The second-order valence-electron chi connectivity index (χ2n) is 5.09. The van der Waals surface area contributed by atoms with Crippen LogP contribution in [0, 0.1) is 12.8 Å². The van der Waals surface area contributed by atoms with Crippen LogP contribution >= 0.6 is 11.3 Å². The fourth-order valence-corrected chi connectivity index (χ4v) is 2.46. The maximum Gasteiger partial charge on any atom is 0.135 e. The third-order valence-electron chi connectivity index (χ3n) is 2.62. The van der Waals surface area contributed by atoms with Gasteiger partial charge in [0.05, 0.1) is 6.42 Å². The zero-order valence-corrected chi connectivity index (χ0v) is 12.5. The van der Waals surface area contributed by atoms with E-state index in [9.17, 15) is 0 Å². The Morgan fingerprint density at radius 2 is 2.00 bits per heavy atom. The van der Waals surface area contributed by atoms with Crippen molar-refractivity contribution < 1.29 is 0 Å². The fourth-order valence-electron chi connectivity index (χ4n) is 1.69. The molecule has 0 aromatic carbocycles. The Morgan fingerprint density at radius 1 is 1.26 bits per heavy atom. The Bertz CT molecular complexity index is 504. The van der Waals surface area contributed by atoms with Gasteiger partial charge < -0.3 is 5.32 Å². The number of aryl methyl sites for hydroxylation is 1. The van der Waals surface area contributed by atoms with E-state index in [1.54, 1.807) is 11.3 Å². The summed E-state index contributed by atoms with van der Waals surface area (Å²) < 4.78 is 0. The van der Waals surface area contributed by atoms with Crippen molar-refractivity contribution in [1.82, 2.24) is 20.3 Å². The van der Waals surface area contributed by atoms with Crippen LogP contribution in [0.25, 0.3) is 0 Å². The second kappa shape index (κ2) is 6.73. The molecule has 2 aromatic heterocycles. The van der Waals surface area contributed by atoms with Crippen LogP contribution in [-0.2, 0) is 13.0 Å². The van der Waals surface area contributed by atoms with E-state index in [0.717, 1.165) is 41.6 Å². The summed E-state index contributed by atoms with van der Waals surface area (Å²) in [6.45, 7) is 8.24. The molecule has 0 atom stereocenters. The average Bonchev–Trinajstić information content (AvgIpc) is 2.77. The van der Waals surface area contributed by atoms with E-state index in [-0.39, 0.29) is 0 Å². The Balaban J connectivity index is 1.87. The normalized spacial score (nSPS) is 11.2. The molecule has 0 radical (unpaired) electrons. The lowest BCUT2D eigenvalue weighted by Crippen LogP contribution is -2.19. The third-order valence-corrected chi connectivity index (χ3v) is 3.58. The average molecular weight is 276 g/mol. The number of hydrogen-bond acceptors (Lipinski definition) is 5. The number of thiazole rings is 1. The summed E-state index contributed by atoms with van der Waals surface area (Å²) in [4.78, 5) is 13.2. The molecule has 5 heteroatoms. The van der Waals surface area contributed by atoms with Gasteiger partial charge in [0.15, 0.2) is 0 Å². The minimum atomic E-state index is 0.660. The van der Waals surface area contributed by atoms with Crippen molar-refractivity contribution in [3.63, 3.8) is 0 Å². The number of nitrogens with zero attached hydrogens (tertiary/aromatic N) is 3. The van der Waals surface area contributed by atoms with E-state index < -0.39 is 0 Å². The zero-order valence-electron chi connectivity index (χ0n) is 11.7. The smallest absolute Gasteiger partial charge is 0.135 e. The van der Waals surface area contributed by atoms with Crippen LogP contribution < -0.4 is 5.32 Å². The molecule has 0 amide bonds. The summed E-state index contributed by atoms with van der Waals surface area (Å²) in [7, 11) is 0. The Kier molecular flexibility index (Phi) is 4.99. The van der Waals surface area contributed by atoms with Crippen molar-refractivity contribution >= 4 is 11.3 Å². The second-order valence-corrected chi connectivity index (χ2v) is 6.03. The molecule has 1 N–H and O–H groups in total. The van der Waals surface area contributed by atoms with Crippen molar-refractivity contribution in [3.8, 4) is 0 Å². The molecule has 0 unspecified atom stereocenters. The molecule has 2 aromatic rings. The third kappa shape index (κ3) is 4.69. The van der Waals surface area contributed by atoms with Crippen LogP contribution in [0.4, 0.5) is 0 Å². The van der Waals surface area contributed by atoms with Gasteiger partial charge in [-0.3, -0.25) is 0 Å². The summed E-state index contributed by atoms with van der Waals surface area (Å²) in [5.74, 6) is 1.50. The minimum Gasteiger partial charge on any atom is -0.312 e. The number of nitrogens with one attached hydrogen (secondary N) is 1. The van der Waals surface area contributed by atoms with E-state index in [1.807, 2.05) is 19.3 Å². The predicted octanol–water partition coefficient (Wildman–Crippen LogP) is 2.58. The van der Waals surface area contributed by atoms with Gasteiger partial charge in [-0.15, -0.1) is 11.3 Å². The van der Waals surface area contributed by atoms with Gasteiger partial charge in [0.1, 0.15) is 10.8 Å². The zero-order chi connectivity index (χ0) is 13.7. The standard InChI is InChI=1S/C14H20N4S/c1-10(2)5-15-6-12-7-16-13(17-8-12)4-14-18-11(3)9-19-14/h7-10,15H,4-6H2,1-3H3. The molecule has 0 aliphatic carbocycles. The van der Waals surface area contributed by atoms with Gasteiger partial charge in [0.25, 0.3) is 0 Å². The lowest BCUT2D eigenvalue weighted by molar-refractivity contribution is 0.551. The fraction of sp³-hybridized carbons (Fsp3) is 0.500. The molecule has 0 aliphatic rings. The van der Waals surface area contributed by atoms with Gasteiger partial charge in [-0.25, -0.2) is 15.0 Å². The Labute approximate surface area is 118 Å². The first-order valence-corrected chi connectivity index (χ1v) is 7.43. The SMILES string of the molecule is Cc1csc(Cc2ncc(CNCC(C)C)cn2)n1. The van der Waals surface area contributed by atoms with Gasteiger partial charge >= 0.3 is 0 Å². The van der Waals surface area contributed by atoms with E-state index in [1.165, 1.54) is 0 Å². The molecule has 0 saturated heterocycles. The molecule has 102 valence electrons. The highest BCUT2D eigenvalue weighted by atomic mass is 32.1. The van der Waals surface area contributed by atoms with Crippen LogP contribution in [0.2, 0.25) is 0 Å². The Morgan fingerprint density at radius 3 is 2.58 bits per heavy atom. The lowest BCUT2D eigenvalue weighted by Gasteiger charge is -2.07. The number of hydrogen-bond donors (Lipinski definition) is 1. The molecular formula is C14H20N4S. The quantitative estimate of drug-likeness (QED) is 0.881. The largest absolute Gasteiger partial charge is 0.312 e. The summed E-state index contributed by atoms with van der Waals surface area (Å²) in [6, 6.07) is 0. The van der Waals surface area contributed by atoms with Crippen molar-refractivity contribution in [2.24, 2.45) is 5.92 Å². The topological polar surface area (TPSA) is 50.7 Å². The van der Waals surface area contributed by atoms with Crippen LogP contribution in [0.3, 0.4) is 0 Å². The lowest BCUT2D eigenvalue weighted by atomic mass is 10.2. The highest BCUT2D eigenvalue weighted by molar-refractivity contribution is 7.09. The van der Waals surface area contributed by atoms with Crippen molar-refractivity contribution in [2.45, 2.75) is 33.7 Å². The summed E-state index contributed by atoms with van der Waals surface area (Å²) >= 11 is 1.66. The van der Waals surface area contributed by atoms with Gasteiger partial charge in [0.2, 0.25) is 0 Å². The van der Waals surface area contributed by atoms with E-state index in [2.05, 4.69) is 39.5 Å². The summed E-state index contributed by atoms with van der Waals surface area (Å²) in [5, 5.41) is 6.51. The minimum absolute atomic E-state index is 0.660. The summed E-state index contributed by atoms with van der Waals surface area (Å²) in [6.07, 6.45) is 4.52. The Hall–Kier alpha value is -1.33. The van der Waals surface area contributed by atoms with Crippen LogP contribution in [0.5, 0.6) is 0 Å². The molecule has 0 bridgehead atoms. The molecule has 0 fully saturated rings. The molecule has 2 heterocycles. The van der Waals surface area contributed by atoms with Gasteiger partial charge in [-0.2, -0.15) is 0 Å². The highest BCUT2D eigenvalue weighted by Gasteiger charge is 2.03. The van der Waals surface area contributed by atoms with E-state index in [0.29, 0.717) is 5.92 Å². The van der Waals surface area contributed by atoms with Gasteiger partial charge in [-0.1, -0.05) is 13.8 Å². The maximum atomic E-state index is 4.42. The highest BCUT2D eigenvalue weighted by Crippen LogP contribution is 2.11. The maximum absolute atomic E-state index is 4.42. The van der Waals surface area contributed by atoms with E-state index in [4.69, 9.17) is 0 Å². The van der Waals surface area contributed by atoms with E-state index >= 15 is 0 Å². The van der Waals surface area contributed by atoms with Crippen molar-refractivity contribution in [3.05, 3.63) is 39.9 Å². The van der Waals surface area contributed by atoms with Crippen LogP contribution in [0.15, 0.2) is 17.8 Å². The monoisotopic (exact) mass is 276 g/mol. The first-order chi connectivity index (χ1) is 9.13. The van der Waals surface area contributed by atoms with Crippen molar-refractivity contribution in [2.75, 3.05) is 6.54 Å². The van der Waals surface area contributed by atoms with Crippen LogP contribution in [-0.4, -0.2) is 21.5 Å². The molecule has 4 nitrogen and oxygen atoms in total. The first kappa shape index (κ1) is 14.1. The number of rotatable bonds is 6. The summed E-state index contributed by atoms with van der Waals surface area (Å²) in [5.41, 5.74) is 2.19. The molecule has 2 rings (SSSR count). The predicted molar refractivity (Wildman–Crippen MR) is 78.2 cm³/mol. The molecule has 0 aliphatic heterocycles. The van der Waals surface area contributed by atoms with Crippen molar-refractivity contribution in [1.29, 1.82) is 0 Å². The number of aromatic nitrogens is 3. The van der Waals surface area contributed by atoms with Crippen LogP contribution in [0.1, 0.15) is 35.9 Å². The molecule has 19 heavy (non-hydrogen) atoms. The van der Waals surface area contributed by atoms with Gasteiger partial charge in [-0.05, 0) is 19.4 Å². The molecule has 0 saturated carbocycles. The molecule has 0 spiro atoms. The van der Waals surface area contributed by atoms with Gasteiger partial charge in [0, 0.05) is 35.6 Å².